The SMILES string of the molecule is Cc1cc(C(Cl)C2CC3CCC2C3)c(F)cc1F. The maximum Gasteiger partial charge on any atom is 0.130 e. The fourth-order valence-corrected chi connectivity index (χ4v) is 4.25. The number of hydrogen-bond donors (Lipinski definition) is 0. The Morgan fingerprint density at radius 2 is 1.94 bits per heavy atom. The highest BCUT2D eigenvalue weighted by atomic mass is 35.5. The second kappa shape index (κ2) is 4.48. The molecule has 0 amide bonds. The number of hydrogen-bond acceptors (Lipinski definition) is 0. The normalized spacial score (nSPS) is 31.9. The summed E-state index contributed by atoms with van der Waals surface area (Å²) < 4.78 is 27.1. The molecule has 2 fully saturated rings. The number of alkyl halides is 1. The summed E-state index contributed by atoms with van der Waals surface area (Å²) >= 11 is 6.47. The molecule has 3 heteroatoms. The van der Waals surface area contributed by atoms with E-state index in [1.165, 1.54) is 19.3 Å². The molecule has 1 aromatic rings. The van der Waals surface area contributed by atoms with Gasteiger partial charge in [-0.1, -0.05) is 6.42 Å². The fourth-order valence-electron chi connectivity index (χ4n) is 3.77. The van der Waals surface area contributed by atoms with E-state index in [0.717, 1.165) is 18.4 Å². The van der Waals surface area contributed by atoms with Crippen LogP contribution in [-0.4, -0.2) is 0 Å². The van der Waals surface area contributed by atoms with Gasteiger partial charge < -0.3 is 0 Å². The van der Waals surface area contributed by atoms with Crippen molar-refractivity contribution in [2.24, 2.45) is 17.8 Å². The van der Waals surface area contributed by atoms with Gasteiger partial charge in [-0.15, -0.1) is 11.6 Å². The number of fused-ring (bicyclic) bond motifs is 2. The molecule has 98 valence electrons. The van der Waals surface area contributed by atoms with Crippen LogP contribution in [0.5, 0.6) is 0 Å². The monoisotopic (exact) mass is 270 g/mol. The molecule has 0 nitrogen and oxygen atoms in total. The molecule has 0 spiro atoms. The molecule has 2 bridgehead atoms. The minimum absolute atomic E-state index is 0.306. The molecule has 0 N–H and O–H groups in total. The average Bonchev–Trinajstić information content (AvgIpc) is 2.95. The minimum Gasteiger partial charge on any atom is -0.207 e. The van der Waals surface area contributed by atoms with Crippen molar-refractivity contribution in [2.75, 3.05) is 0 Å². The molecule has 2 aliphatic carbocycles. The molecule has 3 rings (SSSR count). The molecule has 0 radical (unpaired) electrons. The molecular formula is C15H17ClF2. The molecule has 4 atom stereocenters. The van der Waals surface area contributed by atoms with Gasteiger partial charge >= 0.3 is 0 Å². The number of halogens is 3. The van der Waals surface area contributed by atoms with E-state index in [-0.39, 0.29) is 5.38 Å². The molecule has 2 saturated carbocycles. The first-order chi connectivity index (χ1) is 8.56. The quantitative estimate of drug-likeness (QED) is 0.664. The maximum atomic E-state index is 13.9. The Bertz CT molecular complexity index is 472. The highest BCUT2D eigenvalue weighted by Crippen LogP contribution is 2.54. The van der Waals surface area contributed by atoms with Crippen molar-refractivity contribution in [3.8, 4) is 0 Å². The summed E-state index contributed by atoms with van der Waals surface area (Å²) in [5, 5.41) is -0.306. The van der Waals surface area contributed by atoms with Crippen LogP contribution in [-0.2, 0) is 0 Å². The first-order valence-electron chi connectivity index (χ1n) is 6.66. The van der Waals surface area contributed by atoms with Crippen LogP contribution in [0.25, 0.3) is 0 Å². The van der Waals surface area contributed by atoms with E-state index in [1.807, 2.05) is 0 Å². The van der Waals surface area contributed by atoms with Crippen LogP contribution in [0.15, 0.2) is 12.1 Å². The smallest absolute Gasteiger partial charge is 0.130 e. The summed E-state index contributed by atoms with van der Waals surface area (Å²) in [6, 6.07) is 2.54. The van der Waals surface area contributed by atoms with Gasteiger partial charge in [0.15, 0.2) is 0 Å². The Balaban J connectivity index is 1.88. The summed E-state index contributed by atoms with van der Waals surface area (Å²) in [4.78, 5) is 0. The Kier molecular flexibility index (Phi) is 3.09. The second-order valence-corrected chi connectivity index (χ2v) is 6.33. The lowest BCUT2D eigenvalue weighted by molar-refractivity contribution is 0.319. The van der Waals surface area contributed by atoms with Gasteiger partial charge in [-0.3, -0.25) is 0 Å². The zero-order chi connectivity index (χ0) is 12.9. The summed E-state index contributed by atoms with van der Waals surface area (Å²) in [5.41, 5.74) is 0.952. The summed E-state index contributed by atoms with van der Waals surface area (Å²) in [5.74, 6) is 0.798. The van der Waals surface area contributed by atoms with Gasteiger partial charge in [0.2, 0.25) is 0 Å². The lowest BCUT2D eigenvalue weighted by Gasteiger charge is -2.27. The molecule has 0 aliphatic heterocycles. The van der Waals surface area contributed by atoms with E-state index in [9.17, 15) is 8.78 Å². The highest BCUT2D eigenvalue weighted by molar-refractivity contribution is 6.21. The van der Waals surface area contributed by atoms with Crippen molar-refractivity contribution in [1.29, 1.82) is 0 Å². The van der Waals surface area contributed by atoms with Gasteiger partial charge in [0.25, 0.3) is 0 Å². The predicted molar refractivity (Wildman–Crippen MR) is 68.6 cm³/mol. The van der Waals surface area contributed by atoms with Crippen LogP contribution in [0.1, 0.15) is 42.2 Å². The van der Waals surface area contributed by atoms with Crippen LogP contribution >= 0.6 is 11.6 Å². The number of aryl methyl sites for hydroxylation is 1. The van der Waals surface area contributed by atoms with Gasteiger partial charge in [0.1, 0.15) is 11.6 Å². The third-order valence-electron chi connectivity index (χ3n) is 4.74. The zero-order valence-electron chi connectivity index (χ0n) is 10.4. The van der Waals surface area contributed by atoms with E-state index in [1.54, 1.807) is 13.0 Å². The third-order valence-corrected chi connectivity index (χ3v) is 5.30. The van der Waals surface area contributed by atoms with Crippen molar-refractivity contribution >= 4 is 11.6 Å². The zero-order valence-corrected chi connectivity index (χ0v) is 11.2. The fraction of sp³-hybridized carbons (Fsp3) is 0.600. The Hall–Kier alpha value is -0.630. The summed E-state index contributed by atoms with van der Waals surface area (Å²) in [6.45, 7) is 1.66. The van der Waals surface area contributed by atoms with Crippen LogP contribution in [0.2, 0.25) is 0 Å². The maximum absolute atomic E-state index is 13.9. The Morgan fingerprint density at radius 1 is 1.17 bits per heavy atom. The van der Waals surface area contributed by atoms with Crippen molar-refractivity contribution in [3.05, 3.63) is 34.9 Å². The van der Waals surface area contributed by atoms with Crippen LogP contribution in [0.4, 0.5) is 8.78 Å². The molecule has 0 heterocycles. The Morgan fingerprint density at radius 3 is 2.56 bits per heavy atom. The molecule has 0 saturated heterocycles. The van der Waals surface area contributed by atoms with Gasteiger partial charge in [-0.05, 0) is 55.6 Å². The number of benzene rings is 1. The van der Waals surface area contributed by atoms with Crippen LogP contribution in [0.3, 0.4) is 0 Å². The molecule has 18 heavy (non-hydrogen) atoms. The molecule has 2 aliphatic rings. The molecular weight excluding hydrogens is 254 g/mol. The van der Waals surface area contributed by atoms with Gasteiger partial charge in [0.05, 0.1) is 5.38 Å². The summed E-state index contributed by atoms with van der Waals surface area (Å²) in [7, 11) is 0. The average molecular weight is 271 g/mol. The first-order valence-corrected chi connectivity index (χ1v) is 7.09. The van der Waals surface area contributed by atoms with Crippen LogP contribution < -0.4 is 0 Å². The van der Waals surface area contributed by atoms with Crippen molar-refractivity contribution in [2.45, 2.75) is 38.0 Å². The van der Waals surface area contributed by atoms with Crippen LogP contribution in [0, 0.1) is 36.3 Å². The van der Waals surface area contributed by atoms with Gasteiger partial charge in [0, 0.05) is 11.6 Å². The lowest BCUT2D eigenvalue weighted by Crippen LogP contribution is -2.17. The highest BCUT2D eigenvalue weighted by Gasteiger charge is 2.43. The van der Waals surface area contributed by atoms with E-state index >= 15 is 0 Å². The minimum atomic E-state index is -0.499. The van der Waals surface area contributed by atoms with Gasteiger partial charge in [-0.2, -0.15) is 0 Å². The van der Waals surface area contributed by atoms with Crippen molar-refractivity contribution in [1.82, 2.24) is 0 Å². The van der Waals surface area contributed by atoms with E-state index < -0.39 is 11.6 Å². The molecule has 4 unspecified atom stereocenters. The third kappa shape index (κ3) is 1.95. The standard InChI is InChI=1S/C15H17ClF2/c1-8-4-12(14(18)7-13(8)17)15(16)11-6-9-2-3-10(11)5-9/h4,7,9-11,15H,2-3,5-6H2,1H3. The van der Waals surface area contributed by atoms with Crippen molar-refractivity contribution < 1.29 is 8.78 Å². The lowest BCUT2D eigenvalue weighted by atomic mass is 9.83. The second-order valence-electron chi connectivity index (χ2n) is 5.86. The summed E-state index contributed by atoms with van der Waals surface area (Å²) in [6.07, 6.45) is 4.88. The van der Waals surface area contributed by atoms with E-state index in [2.05, 4.69) is 0 Å². The van der Waals surface area contributed by atoms with Crippen molar-refractivity contribution in [3.63, 3.8) is 0 Å². The predicted octanol–water partition coefficient (Wildman–Crippen LogP) is 4.99. The Labute approximate surface area is 111 Å². The molecule has 0 aromatic heterocycles. The van der Waals surface area contributed by atoms with Gasteiger partial charge in [-0.25, -0.2) is 8.78 Å². The largest absolute Gasteiger partial charge is 0.207 e. The first kappa shape index (κ1) is 12.4. The topological polar surface area (TPSA) is 0 Å². The number of rotatable bonds is 2. The van der Waals surface area contributed by atoms with E-state index in [0.29, 0.717) is 23.0 Å². The van der Waals surface area contributed by atoms with E-state index in [4.69, 9.17) is 11.6 Å². The molecule has 1 aromatic carbocycles.